The molecule has 0 radical (unpaired) electrons. The van der Waals surface area contributed by atoms with E-state index in [0.29, 0.717) is 12.1 Å². The molecule has 1 aliphatic heterocycles. The lowest BCUT2D eigenvalue weighted by molar-refractivity contribution is -0.147. The molecule has 1 heterocycles. The molecule has 110 valence electrons. The summed E-state index contributed by atoms with van der Waals surface area (Å²) in [5.41, 5.74) is 1.47. The Kier molecular flexibility index (Phi) is 3.88. The van der Waals surface area contributed by atoms with Crippen molar-refractivity contribution in [1.82, 2.24) is 0 Å². The smallest absolute Gasteiger partial charge is 0.354 e. The van der Waals surface area contributed by atoms with Crippen LogP contribution in [0.5, 0.6) is 0 Å². The fourth-order valence-electron chi connectivity index (χ4n) is 2.51. The number of rotatable bonds is 4. The first-order valence-corrected chi connectivity index (χ1v) is 7.26. The van der Waals surface area contributed by atoms with Gasteiger partial charge >= 0.3 is 5.97 Å². The Balaban J connectivity index is 1.88. The van der Waals surface area contributed by atoms with Crippen molar-refractivity contribution < 1.29 is 9.53 Å². The molecule has 0 aliphatic carbocycles. The van der Waals surface area contributed by atoms with E-state index in [2.05, 4.69) is 4.99 Å². The molecule has 0 bridgehead atoms. The molecule has 0 N–H and O–H groups in total. The van der Waals surface area contributed by atoms with Crippen molar-refractivity contribution >= 4 is 17.8 Å². The zero-order valence-electron chi connectivity index (χ0n) is 12.4. The summed E-state index contributed by atoms with van der Waals surface area (Å²) in [5, 5.41) is 0. The number of cyclic esters (lactones) is 1. The van der Waals surface area contributed by atoms with Crippen LogP contribution in [0.4, 0.5) is 0 Å². The lowest BCUT2D eigenvalue weighted by atomic mass is 9.99. The van der Waals surface area contributed by atoms with Gasteiger partial charge in [0.15, 0.2) is 0 Å². The number of esters is 1. The maximum absolute atomic E-state index is 11.8. The van der Waals surface area contributed by atoms with Gasteiger partial charge < -0.3 is 4.74 Å². The topological polar surface area (TPSA) is 38.7 Å². The third-order valence-corrected chi connectivity index (χ3v) is 3.63. The van der Waals surface area contributed by atoms with Gasteiger partial charge in [-0.05, 0) is 12.5 Å². The van der Waals surface area contributed by atoms with E-state index >= 15 is 0 Å². The van der Waals surface area contributed by atoms with Crippen LogP contribution in [0.1, 0.15) is 24.5 Å². The van der Waals surface area contributed by atoms with Crippen LogP contribution in [-0.4, -0.2) is 11.7 Å². The molecule has 0 saturated carbocycles. The van der Waals surface area contributed by atoms with Gasteiger partial charge in [0.05, 0.1) is 0 Å². The average Bonchev–Trinajstić information content (AvgIpc) is 2.85. The Morgan fingerprint density at radius 1 is 1.05 bits per heavy atom. The Labute approximate surface area is 130 Å². The van der Waals surface area contributed by atoms with Gasteiger partial charge in [0.1, 0.15) is 5.71 Å². The van der Waals surface area contributed by atoms with Gasteiger partial charge in [-0.2, -0.15) is 0 Å². The van der Waals surface area contributed by atoms with E-state index in [9.17, 15) is 4.79 Å². The summed E-state index contributed by atoms with van der Waals surface area (Å²) < 4.78 is 5.59. The van der Waals surface area contributed by atoms with Gasteiger partial charge in [0.25, 0.3) is 0 Å². The van der Waals surface area contributed by atoms with Crippen molar-refractivity contribution in [3.05, 3.63) is 77.9 Å². The molecule has 1 unspecified atom stereocenters. The maximum atomic E-state index is 11.8. The molecule has 1 atom stereocenters. The summed E-state index contributed by atoms with van der Waals surface area (Å²) >= 11 is 0. The maximum Gasteiger partial charge on any atom is 0.354 e. The summed E-state index contributed by atoms with van der Waals surface area (Å²) in [6.07, 6.45) is 4.52. The quantitative estimate of drug-likeness (QED) is 0.800. The Morgan fingerprint density at radius 3 is 2.27 bits per heavy atom. The predicted molar refractivity (Wildman–Crippen MR) is 87.4 cm³/mol. The second-order valence-electron chi connectivity index (χ2n) is 5.25. The van der Waals surface area contributed by atoms with Gasteiger partial charge in [0.2, 0.25) is 5.72 Å². The fraction of sp³-hybridized carbons (Fsp3) is 0.158. The van der Waals surface area contributed by atoms with Crippen LogP contribution in [0.2, 0.25) is 0 Å². The van der Waals surface area contributed by atoms with Crippen molar-refractivity contribution in [2.45, 2.75) is 19.1 Å². The number of aliphatic imine (C=N–C) groups is 1. The first-order chi connectivity index (χ1) is 10.7. The highest BCUT2D eigenvalue weighted by Gasteiger charge is 2.41. The summed E-state index contributed by atoms with van der Waals surface area (Å²) in [5.74, 6) is -0.350. The molecule has 2 aromatic rings. The van der Waals surface area contributed by atoms with Crippen molar-refractivity contribution in [3.63, 3.8) is 0 Å². The Bertz CT molecular complexity index is 720. The molecule has 22 heavy (non-hydrogen) atoms. The second kappa shape index (κ2) is 5.98. The summed E-state index contributed by atoms with van der Waals surface area (Å²) in [4.78, 5) is 16.3. The van der Waals surface area contributed by atoms with Crippen molar-refractivity contribution in [3.8, 4) is 0 Å². The predicted octanol–water partition coefficient (Wildman–Crippen LogP) is 3.96. The zero-order chi connectivity index (χ0) is 15.4. The zero-order valence-corrected chi connectivity index (χ0v) is 12.4. The molecular formula is C19H17NO2. The molecule has 0 spiro atoms. The van der Waals surface area contributed by atoms with Crippen molar-refractivity contribution in [2.24, 2.45) is 4.99 Å². The normalized spacial score (nSPS) is 21.0. The third-order valence-electron chi connectivity index (χ3n) is 3.63. The largest absolute Gasteiger partial charge is 0.428 e. The van der Waals surface area contributed by atoms with Gasteiger partial charge in [-0.3, -0.25) is 0 Å². The Morgan fingerprint density at radius 2 is 1.68 bits per heavy atom. The molecular weight excluding hydrogens is 274 g/mol. The number of carbonyl (C=O) groups is 1. The first-order valence-electron chi connectivity index (χ1n) is 7.26. The van der Waals surface area contributed by atoms with E-state index < -0.39 is 5.72 Å². The Hall–Kier alpha value is -2.68. The standard InChI is InChI=1S/C19H17NO2/c1-15-18(21)22-19(20-15,17-12-6-3-7-13-17)14-8-11-16-9-4-2-5-10-16/h2-13H,14H2,1H3/b11-8+. The number of hydrogen-bond acceptors (Lipinski definition) is 3. The number of benzene rings is 2. The first kappa shape index (κ1) is 14.3. The van der Waals surface area contributed by atoms with Crippen LogP contribution in [0.15, 0.2) is 71.7 Å². The third kappa shape index (κ3) is 2.84. The lowest BCUT2D eigenvalue weighted by Gasteiger charge is -2.24. The second-order valence-corrected chi connectivity index (χ2v) is 5.25. The molecule has 2 aromatic carbocycles. The molecule has 0 saturated heterocycles. The van der Waals surface area contributed by atoms with Crippen LogP contribution in [-0.2, 0) is 15.3 Å². The van der Waals surface area contributed by atoms with Crippen LogP contribution >= 0.6 is 0 Å². The highest BCUT2D eigenvalue weighted by molar-refractivity contribution is 6.36. The van der Waals surface area contributed by atoms with Crippen LogP contribution in [0.3, 0.4) is 0 Å². The van der Waals surface area contributed by atoms with E-state index in [-0.39, 0.29) is 5.97 Å². The van der Waals surface area contributed by atoms with Crippen LogP contribution < -0.4 is 0 Å². The van der Waals surface area contributed by atoms with Crippen LogP contribution in [0.25, 0.3) is 6.08 Å². The average molecular weight is 291 g/mol. The molecule has 3 rings (SSSR count). The monoisotopic (exact) mass is 291 g/mol. The fourth-order valence-corrected chi connectivity index (χ4v) is 2.51. The molecule has 0 amide bonds. The highest BCUT2D eigenvalue weighted by atomic mass is 16.6. The minimum atomic E-state index is -0.937. The number of ether oxygens (including phenoxy) is 1. The molecule has 0 aromatic heterocycles. The van der Waals surface area contributed by atoms with Gasteiger partial charge in [-0.15, -0.1) is 0 Å². The SMILES string of the molecule is CC1=NC(C/C=C/c2ccccc2)(c2ccccc2)OC1=O. The molecule has 3 heteroatoms. The van der Waals surface area contributed by atoms with Crippen LogP contribution in [0, 0.1) is 0 Å². The highest BCUT2D eigenvalue weighted by Crippen LogP contribution is 2.36. The number of hydrogen-bond donors (Lipinski definition) is 0. The summed E-state index contributed by atoms with van der Waals surface area (Å²) in [7, 11) is 0. The van der Waals surface area contributed by atoms with E-state index in [1.807, 2.05) is 72.8 Å². The minimum Gasteiger partial charge on any atom is -0.428 e. The molecule has 0 fully saturated rings. The summed E-state index contributed by atoms with van der Waals surface area (Å²) in [6, 6.07) is 19.7. The number of nitrogens with zero attached hydrogens (tertiary/aromatic N) is 1. The van der Waals surface area contributed by atoms with E-state index in [0.717, 1.165) is 11.1 Å². The lowest BCUT2D eigenvalue weighted by Crippen LogP contribution is -2.24. The minimum absolute atomic E-state index is 0.350. The van der Waals surface area contributed by atoms with E-state index in [1.165, 1.54) is 0 Å². The van der Waals surface area contributed by atoms with Crippen molar-refractivity contribution in [1.29, 1.82) is 0 Å². The van der Waals surface area contributed by atoms with E-state index in [1.54, 1.807) is 6.92 Å². The summed E-state index contributed by atoms with van der Waals surface area (Å²) in [6.45, 7) is 1.69. The van der Waals surface area contributed by atoms with E-state index in [4.69, 9.17) is 4.74 Å². The van der Waals surface area contributed by atoms with Gasteiger partial charge in [0, 0.05) is 12.0 Å². The molecule has 3 nitrogen and oxygen atoms in total. The number of carbonyl (C=O) groups excluding carboxylic acids is 1. The molecule has 1 aliphatic rings. The van der Waals surface area contributed by atoms with Crippen molar-refractivity contribution in [2.75, 3.05) is 0 Å². The van der Waals surface area contributed by atoms with Gasteiger partial charge in [-0.1, -0.05) is 72.8 Å². The van der Waals surface area contributed by atoms with Gasteiger partial charge in [-0.25, -0.2) is 9.79 Å².